The van der Waals surface area contributed by atoms with E-state index in [0.717, 1.165) is 62.6 Å². The molecule has 3 nitrogen and oxygen atoms in total. The molecular weight excluding hydrogens is 520 g/mol. The average Bonchev–Trinajstić information content (AvgIpc) is 3.70. The molecule has 7 rings (SSSR count). The molecule has 4 aromatic rings. The Kier molecular flexibility index (Phi) is 7.02. The summed E-state index contributed by atoms with van der Waals surface area (Å²) in [5.41, 5.74) is 9.80. The maximum atomic E-state index is 6.28. The predicted molar refractivity (Wildman–Crippen MR) is 173 cm³/mol. The number of benzene rings is 3. The van der Waals surface area contributed by atoms with Crippen LogP contribution in [-0.4, -0.2) is 18.0 Å². The first kappa shape index (κ1) is 25.9. The van der Waals surface area contributed by atoms with Gasteiger partial charge < -0.3 is 14.5 Å². The molecule has 0 spiro atoms. The number of hydrogen-bond acceptors (Lipinski definition) is 4. The molecule has 0 atom stereocenters. The van der Waals surface area contributed by atoms with Gasteiger partial charge in [-0.3, -0.25) is 0 Å². The van der Waals surface area contributed by atoms with Crippen LogP contribution >= 0.6 is 11.3 Å². The van der Waals surface area contributed by atoms with E-state index in [0.29, 0.717) is 0 Å². The predicted octanol–water partition coefficient (Wildman–Crippen LogP) is 9.27. The first-order chi connectivity index (χ1) is 20.2. The molecule has 0 radical (unpaired) electrons. The Morgan fingerprint density at radius 3 is 2.51 bits per heavy atom. The molecule has 3 aromatic carbocycles. The number of nitrogens with zero attached hydrogens (tertiary/aromatic N) is 2. The standard InChI is InChI=1S/C37H36N2OS/c1-3-30-31-13-7-10-16-34(31)41-35(30)21-19-27-17-18-28(37(27)38-24-23-26-11-5-6-12-29(26)25-38)20-22-36-39(4-2)32-14-8-9-15-33(32)40-36/h5-16,19-22H,3-4,17-18,23-25H2,1-2H3/b21-19+,28-20?,36-22+. The second kappa shape index (κ2) is 11.1. The largest absolute Gasteiger partial charge is 0.439 e. The Morgan fingerprint density at radius 1 is 0.829 bits per heavy atom. The highest BCUT2D eigenvalue weighted by molar-refractivity contribution is 7.20. The number of hydrogen-bond donors (Lipinski definition) is 0. The minimum absolute atomic E-state index is 0.876. The number of anilines is 1. The van der Waals surface area contributed by atoms with Crippen LogP contribution in [0.2, 0.25) is 0 Å². The lowest BCUT2D eigenvalue weighted by atomic mass is 9.98. The first-order valence-corrected chi connectivity index (χ1v) is 15.7. The van der Waals surface area contributed by atoms with E-state index in [4.69, 9.17) is 4.74 Å². The van der Waals surface area contributed by atoms with Gasteiger partial charge in [-0.15, -0.1) is 11.3 Å². The molecule has 0 fully saturated rings. The Labute approximate surface area is 247 Å². The molecule has 206 valence electrons. The molecule has 1 aliphatic carbocycles. The molecule has 3 heterocycles. The van der Waals surface area contributed by atoms with E-state index >= 15 is 0 Å². The summed E-state index contributed by atoms with van der Waals surface area (Å²) in [6.07, 6.45) is 13.5. The molecule has 4 heteroatoms. The van der Waals surface area contributed by atoms with Crippen molar-refractivity contribution in [3.63, 3.8) is 0 Å². The lowest BCUT2D eigenvalue weighted by Gasteiger charge is -2.33. The van der Waals surface area contributed by atoms with Crippen molar-refractivity contribution in [3.8, 4) is 5.75 Å². The molecule has 0 N–H and O–H groups in total. The van der Waals surface area contributed by atoms with Crippen molar-refractivity contribution in [2.75, 3.05) is 18.0 Å². The van der Waals surface area contributed by atoms with Gasteiger partial charge in [-0.1, -0.05) is 73.7 Å². The lowest BCUT2D eigenvalue weighted by molar-refractivity contribution is 0.328. The normalized spacial score (nSPS) is 18.7. The average molecular weight is 557 g/mol. The van der Waals surface area contributed by atoms with Crippen LogP contribution in [0.25, 0.3) is 16.2 Å². The van der Waals surface area contributed by atoms with E-state index in [1.165, 1.54) is 48.5 Å². The number of ether oxygens (including phenoxy) is 1. The van der Waals surface area contributed by atoms with Crippen LogP contribution in [0.15, 0.2) is 114 Å². The van der Waals surface area contributed by atoms with Crippen LogP contribution < -0.4 is 9.64 Å². The smallest absolute Gasteiger partial charge is 0.200 e. The quantitative estimate of drug-likeness (QED) is 0.235. The third kappa shape index (κ3) is 4.81. The summed E-state index contributed by atoms with van der Waals surface area (Å²) >= 11 is 1.91. The Balaban J connectivity index is 1.27. The minimum atomic E-state index is 0.876. The summed E-state index contributed by atoms with van der Waals surface area (Å²) in [5, 5.41) is 1.40. The number of para-hydroxylation sites is 2. The zero-order valence-corrected chi connectivity index (χ0v) is 24.7. The van der Waals surface area contributed by atoms with Gasteiger partial charge in [0.15, 0.2) is 5.75 Å². The molecule has 0 saturated heterocycles. The Morgan fingerprint density at radius 2 is 1.63 bits per heavy atom. The molecule has 0 amide bonds. The van der Waals surface area contributed by atoms with Crippen molar-refractivity contribution in [1.82, 2.24) is 4.90 Å². The van der Waals surface area contributed by atoms with Crippen molar-refractivity contribution >= 4 is 33.2 Å². The van der Waals surface area contributed by atoms with Crippen molar-refractivity contribution in [2.45, 2.75) is 46.1 Å². The number of rotatable bonds is 6. The van der Waals surface area contributed by atoms with Crippen LogP contribution in [0, 0.1) is 0 Å². The van der Waals surface area contributed by atoms with Crippen LogP contribution in [0.1, 0.15) is 48.3 Å². The van der Waals surface area contributed by atoms with Gasteiger partial charge in [0.1, 0.15) is 0 Å². The highest BCUT2D eigenvalue weighted by atomic mass is 32.1. The monoisotopic (exact) mass is 556 g/mol. The summed E-state index contributed by atoms with van der Waals surface area (Å²) in [7, 11) is 0. The molecular formula is C37H36N2OS. The molecule has 2 aliphatic heterocycles. The van der Waals surface area contributed by atoms with Crippen LogP contribution in [0.3, 0.4) is 0 Å². The number of thiophene rings is 1. The van der Waals surface area contributed by atoms with Gasteiger partial charge in [0, 0.05) is 34.9 Å². The lowest BCUT2D eigenvalue weighted by Crippen LogP contribution is -2.30. The molecule has 0 bridgehead atoms. The van der Waals surface area contributed by atoms with E-state index < -0.39 is 0 Å². The zero-order chi connectivity index (χ0) is 27.8. The van der Waals surface area contributed by atoms with Crippen molar-refractivity contribution in [1.29, 1.82) is 0 Å². The SMILES string of the molecule is CCc1c(/C=C/C2=C(N3CCc4ccccc4C3)C(=C/C=C3/Oc4ccccc4N3CC)CC2)sc2ccccc12. The zero-order valence-electron chi connectivity index (χ0n) is 23.9. The van der Waals surface area contributed by atoms with E-state index in [9.17, 15) is 0 Å². The highest BCUT2D eigenvalue weighted by Crippen LogP contribution is 2.41. The Hall–Kier alpha value is -4.02. The van der Waals surface area contributed by atoms with Crippen LogP contribution in [0.4, 0.5) is 5.69 Å². The van der Waals surface area contributed by atoms with Gasteiger partial charge in [0.05, 0.1) is 5.69 Å². The molecule has 0 saturated carbocycles. The van der Waals surface area contributed by atoms with E-state index in [1.807, 2.05) is 17.4 Å². The Bertz CT molecular complexity index is 1740. The maximum Gasteiger partial charge on any atom is 0.200 e. The van der Waals surface area contributed by atoms with Gasteiger partial charge in [0.2, 0.25) is 5.88 Å². The van der Waals surface area contributed by atoms with Gasteiger partial charge in [0.25, 0.3) is 0 Å². The first-order valence-electron chi connectivity index (χ1n) is 14.9. The molecule has 0 unspecified atom stereocenters. The molecule has 3 aliphatic rings. The number of aryl methyl sites for hydroxylation is 1. The fourth-order valence-electron chi connectivity index (χ4n) is 6.60. The van der Waals surface area contributed by atoms with Crippen LogP contribution in [0.5, 0.6) is 5.75 Å². The summed E-state index contributed by atoms with van der Waals surface area (Å²) < 4.78 is 7.66. The molecule has 41 heavy (non-hydrogen) atoms. The summed E-state index contributed by atoms with van der Waals surface area (Å²) in [6, 6.07) is 26.1. The third-order valence-corrected chi connectivity index (χ3v) is 9.80. The van der Waals surface area contributed by atoms with E-state index in [2.05, 4.69) is 115 Å². The van der Waals surface area contributed by atoms with Gasteiger partial charge >= 0.3 is 0 Å². The fourth-order valence-corrected chi connectivity index (χ4v) is 7.80. The maximum absolute atomic E-state index is 6.28. The minimum Gasteiger partial charge on any atom is -0.439 e. The van der Waals surface area contributed by atoms with Gasteiger partial charge in [-0.05, 0) is 96.2 Å². The third-order valence-electron chi connectivity index (χ3n) is 8.62. The van der Waals surface area contributed by atoms with Crippen molar-refractivity contribution in [3.05, 3.63) is 135 Å². The van der Waals surface area contributed by atoms with Crippen molar-refractivity contribution < 1.29 is 4.74 Å². The van der Waals surface area contributed by atoms with Crippen LogP contribution in [-0.2, 0) is 19.4 Å². The molecule has 1 aromatic heterocycles. The second-order valence-electron chi connectivity index (χ2n) is 11.0. The van der Waals surface area contributed by atoms with Gasteiger partial charge in [-0.25, -0.2) is 0 Å². The highest BCUT2D eigenvalue weighted by Gasteiger charge is 2.28. The van der Waals surface area contributed by atoms with Crippen molar-refractivity contribution in [2.24, 2.45) is 0 Å². The fraction of sp³-hybridized carbons (Fsp3) is 0.243. The topological polar surface area (TPSA) is 15.7 Å². The van der Waals surface area contributed by atoms with E-state index in [-0.39, 0.29) is 0 Å². The number of fused-ring (bicyclic) bond motifs is 3. The summed E-state index contributed by atoms with van der Waals surface area (Å²) in [5.74, 6) is 1.85. The second-order valence-corrected chi connectivity index (χ2v) is 12.0. The van der Waals surface area contributed by atoms with E-state index in [1.54, 1.807) is 0 Å². The van der Waals surface area contributed by atoms with Gasteiger partial charge in [-0.2, -0.15) is 0 Å². The summed E-state index contributed by atoms with van der Waals surface area (Å²) in [6.45, 7) is 7.34. The number of allylic oxidation sites excluding steroid dienone is 5. The summed E-state index contributed by atoms with van der Waals surface area (Å²) in [4.78, 5) is 6.27.